The second-order valence-electron chi connectivity index (χ2n) is 3.46. The van der Waals surface area contributed by atoms with Crippen molar-refractivity contribution in [2.75, 3.05) is 20.5 Å². The molecule has 0 saturated heterocycles. The van der Waals surface area contributed by atoms with E-state index in [9.17, 15) is 4.79 Å². The van der Waals surface area contributed by atoms with E-state index < -0.39 is 5.97 Å². The van der Waals surface area contributed by atoms with E-state index in [0.717, 1.165) is 6.08 Å². The predicted molar refractivity (Wildman–Crippen MR) is 74.5 cm³/mol. The molecule has 104 valence electrons. The van der Waals surface area contributed by atoms with E-state index >= 15 is 0 Å². The van der Waals surface area contributed by atoms with Crippen LogP contribution in [0.4, 0.5) is 0 Å². The van der Waals surface area contributed by atoms with E-state index in [-0.39, 0.29) is 6.79 Å². The highest BCUT2D eigenvalue weighted by atomic mass is 79.9. The number of hydrogen-bond donors (Lipinski definition) is 1. The van der Waals surface area contributed by atoms with Crippen molar-refractivity contribution in [3.63, 3.8) is 0 Å². The van der Waals surface area contributed by atoms with Crippen molar-refractivity contribution in [3.8, 4) is 11.5 Å². The van der Waals surface area contributed by atoms with E-state index in [1.54, 1.807) is 12.1 Å². The Hall–Kier alpha value is -1.53. The molecule has 1 aromatic rings. The summed E-state index contributed by atoms with van der Waals surface area (Å²) in [6.07, 6.45) is 2.53. The molecule has 0 bridgehead atoms. The highest BCUT2D eigenvalue weighted by molar-refractivity contribution is 9.10. The number of ether oxygens (including phenoxy) is 3. The van der Waals surface area contributed by atoms with Crippen LogP contribution in [-0.2, 0) is 9.53 Å². The number of aliphatic carboxylic acids is 1. The van der Waals surface area contributed by atoms with Gasteiger partial charge in [0.15, 0.2) is 18.3 Å². The quantitative estimate of drug-likeness (QED) is 0.473. The van der Waals surface area contributed by atoms with Gasteiger partial charge in [0.05, 0.1) is 11.6 Å². The minimum Gasteiger partial charge on any atom is -0.493 e. The molecule has 0 unspecified atom stereocenters. The van der Waals surface area contributed by atoms with Crippen LogP contribution in [0.1, 0.15) is 12.5 Å². The molecule has 1 rings (SSSR count). The van der Waals surface area contributed by atoms with Gasteiger partial charge in [-0.1, -0.05) is 0 Å². The molecule has 0 aromatic heterocycles. The summed E-state index contributed by atoms with van der Waals surface area (Å²) in [4.78, 5) is 10.5. The van der Waals surface area contributed by atoms with Crippen molar-refractivity contribution >= 4 is 28.0 Å². The van der Waals surface area contributed by atoms with Gasteiger partial charge >= 0.3 is 5.97 Å². The van der Waals surface area contributed by atoms with Gasteiger partial charge in [-0.05, 0) is 46.6 Å². The fraction of sp³-hybridized carbons (Fsp3) is 0.308. The molecular formula is C13H15BrO5. The third-order valence-corrected chi connectivity index (χ3v) is 2.75. The Bertz CT molecular complexity index is 470. The Kier molecular flexibility index (Phi) is 6.38. The van der Waals surface area contributed by atoms with E-state index in [2.05, 4.69) is 15.9 Å². The van der Waals surface area contributed by atoms with Crippen LogP contribution in [0.2, 0.25) is 0 Å². The number of carboxylic acids is 1. The minimum atomic E-state index is -1.01. The smallest absolute Gasteiger partial charge is 0.328 e. The zero-order valence-electron chi connectivity index (χ0n) is 10.7. The topological polar surface area (TPSA) is 65.0 Å². The number of halogens is 1. The van der Waals surface area contributed by atoms with E-state index in [1.165, 1.54) is 13.2 Å². The van der Waals surface area contributed by atoms with Crippen molar-refractivity contribution in [1.29, 1.82) is 0 Å². The maximum atomic E-state index is 10.5. The molecule has 5 nitrogen and oxygen atoms in total. The van der Waals surface area contributed by atoms with Gasteiger partial charge in [-0.25, -0.2) is 4.79 Å². The van der Waals surface area contributed by atoms with Crippen molar-refractivity contribution in [1.82, 2.24) is 0 Å². The number of benzene rings is 1. The molecule has 0 amide bonds. The van der Waals surface area contributed by atoms with Crippen LogP contribution in [0.5, 0.6) is 11.5 Å². The zero-order valence-corrected chi connectivity index (χ0v) is 12.3. The Morgan fingerprint density at radius 1 is 1.47 bits per heavy atom. The molecule has 1 N–H and O–H groups in total. The zero-order chi connectivity index (χ0) is 14.3. The number of methoxy groups -OCH3 is 1. The monoisotopic (exact) mass is 330 g/mol. The third kappa shape index (κ3) is 4.92. The highest BCUT2D eigenvalue weighted by Gasteiger charge is 2.11. The lowest BCUT2D eigenvalue weighted by Crippen LogP contribution is -2.04. The molecule has 0 fully saturated rings. The Labute approximate surface area is 119 Å². The minimum absolute atomic E-state index is 0.121. The maximum absolute atomic E-state index is 10.5. The average molecular weight is 331 g/mol. The summed E-state index contributed by atoms with van der Waals surface area (Å²) >= 11 is 3.36. The van der Waals surface area contributed by atoms with Crippen LogP contribution in [0.25, 0.3) is 6.08 Å². The molecule has 0 aliphatic rings. The first-order valence-corrected chi connectivity index (χ1v) is 6.36. The van der Waals surface area contributed by atoms with Crippen LogP contribution < -0.4 is 9.47 Å². The first-order valence-electron chi connectivity index (χ1n) is 5.57. The molecule has 6 heteroatoms. The van der Waals surface area contributed by atoms with Crippen molar-refractivity contribution in [2.45, 2.75) is 6.92 Å². The van der Waals surface area contributed by atoms with Crippen molar-refractivity contribution in [2.24, 2.45) is 0 Å². The summed E-state index contributed by atoms with van der Waals surface area (Å²) in [7, 11) is 1.51. The lowest BCUT2D eigenvalue weighted by Gasteiger charge is -2.13. The second kappa shape index (κ2) is 7.81. The van der Waals surface area contributed by atoms with Crippen LogP contribution in [-0.4, -0.2) is 31.6 Å². The molecule has 0 saturated carbocycles. The summed E-state index contributed by atoms with van der Waals surface area (Å²) in [5.74, 6) is 0.00861. The summed E-state index contributed by atoms with van der Waals surface area (Å²) in [5, 5.41) is 8.60. The van der Waals surface area contributed by atoms with Gasteiger partial charge in [-0.15, -0.1) is 0 Å². The SMILES string of the molecule is CCOCOc1c(Br)cc(C=CC(=O)O)cc1OC. The molecular weight excluding hydrogens is 316 g/mol. The first kappa shape index (κ1) is 15.5. The summed E-state index contributed by atoms with van der Waals surface area (Å²) in [5.41, 5.74) is 0.690. The van der Waals surface area contributed by atoms with E-state index in [0.29, 0.717) is 28.1 Å². The van der Waals surface area contributed by atoms with E-state index in [1.807, 2.05) is 6.92 Å². The summed E-state index contributed by atoms with van der Waals surface area (Å²) in [6.45, 7) is 2.55. The van der Waals surface area contributed by atoms with Gasteiger partial charge in [0.2, 0.25) is 0 Å². The lowest BCUT2D eigenvalue weighted by molar-refractivity contribution is -0.131. The van der Waals surface area contributed by atoms with Crippen LogP contribution >= 0.6 is 15.9 Å². The molecule has 19 heavy (non-hydrogen) atoms. The Balaban J connectivity index is 2.97. The number of carbonyl (C=O) groups is 1. The average Bonchev–Trinajstić information content (AvgIpc) is 2.38. The second-order valence-corrected chi connectivity index (χ2v) is 4.32. The fourth-order valence-corrected chi connectivity index (χ4v) is 1.90. The van der Waals surface area contributed by atoms with Crippen molar-refractivity contribution in [3.05, 3.63) is 28.2 Å². The lowest BCUT2D eigenvalue weighted by atomic mass is 10.2. The number of rotatable bonds is 7. The molecule has 0 aliphatic heterocycles. The molecule has 1 aromatic carbocycles. The maximum Gasteiger partial charge on any atom is 0.328 e. The molecule has 0 atom stereocenters. The number of hydrogen-bond acceptors (Lipinski definition) is 4. The first-order chi connectivity index (χ1) is 9.08. The molecule has 0 heterocycles. The van der Waals surface area contributed by atoms with Gasteiger partial charge in [-0.3, -0.25) is 0 Å². The summed E-state index contributed by atoms with van der Waals surface area (Å²) in [6, 6.07) is 3.43. The molecule has 0 aliphatic carbocycles. The fourth-order valence-electron chi connectivity index (χ4n) is 1.33. The van der Waals surface area contributed by atoms with Crippen LogP contribution in [0.15, 0.2) is 22.7 Å². The standard InChI is InChI=1S/C13H15BrO5/c1-3-18-8-19-13-10(14)6-9(4-5-12(15)16)7-11(13)17-2/h4-7H,3,8H2,1-2H3,(H,15,16). The summed E-state index contributed by atoms with van der Waals surface area (Å²) < 4.78 is 16.4. The van der Waals surface area contributed by atoms with E-state index in [4.69, 9.17) is 19.3 Å². The molecule has 0 radical (unpaired) electrons. The van der Waals surface area contributed by atoms with Gasteiger partial charge < -0.3 is 19.3 Å². The predicted octanol–water partition coefficient (Wildman–Crippen LogP) is 2.93. The van der Waals surface area contributed by atoms with Gasteiger partial charge in [0.25, 0.3) is 0 Å². The third-order valence-electron chi connectivity index (χ3n) is 2.16. The molecule has 0 spiro atoms. The highest BCUT2D eigenvalue weighted by Crippen LogP contribution is 2.37. The van der Waals surface area contributed by atoms with Crippen molar-refractivity contribution < 1.29 is 24.1 Å². The normalized spacial score (nSPS) is 10.7. The van der Waals surface area contributed by atoms with Gasteiger partial charge in [-0.2, -0.15) is 0 Å². The largest absolute Gasteiger partial charge is 0.493 e. The Morgan fingerprint density at radius 3 is 2.79 bits per heavy atom. The van der Waals surface area contributed by atoms with Gasteiger partial charge in [0, 0.05) is 12.7 Å². The number of carboxylic acid groups (broad SMARTS) is 1. The van der Waals surface area contributed by atoms with Gasteiger partial charge in [0.1, 0.15) is 0 Å². The van der Waals surface area contributed by atoms with Crippen LogP contribution in [0, 0.1) is 0 Å². The van der Waals surface area contributed by atoms with Crippen LogP contribution in [0.3, 0.4) is 0 Å². The Morgan fingerprint density at radius 2 is 2.21 bits per heavy atom.